The minimum absolute atomic E-state index is 0.0829. The largest absolute Gasteiger partial charge is 0.478 e. The number of aromatic carboxylic acids is 1. The maximum atomic E-state index is 11.2. The number of carbonyl (C=O) groups is 3. The van der Waals surface area contributed by atoms with E-state index in [-0.39, 0.29) is 11.3 Å². The van der Waals surface area contributed by atoms with Gasteiger partial charge in [0.05, 0.1) is 10.4 Å². The number of nitrogens with zero attached hydrogens (tertiary/aromatic N) is 2. The van der Waals surface area contributed by atoms with E-state index in [0.717, 1.165) is 11.3 Å². The van der Waals surface area contributed by atoms with Gasteiger partial charge >= 0.3 is 5.97 Å². The van der Waals surface area contributed by atoms with Gasteiger partial charge in [0, 0.05) is 12.6 Å². The third-order valence-corrected chi connectivity index (χ3v) is 3.81. The van der Waals surface area contributed by atoms with Crippen LogP contribution in [0.3, 0.4) is 0 Å². The Morgan fingerprint density at radius 2 is 2.05 bits per heavy atom. The van der Waals surface area contributed by atoms with Crippen molar-refractivity contribution in [1.29, 1.82) is 0 Å². The van der Waals surface area contributed by atoms with E-state index < -0.39 is 5.97 Å². The first-order chi connectivity index (χ1) is 9.58. The molecule has 0 bridgehead atoms. The molecule has 0 saturated carbocycles. The Morgan fingerprint density at radius 3 is 2.65 bits per heavy atom. The molecule has 6 nitrogen and oxygen atoms in total. The molecule has 0 fully saturated rings. The summed E-state index contributed by atoms with van der Waals surface area (Å²) in [6, 6.07) is 6.34. The third-order valence-electron chi connectivity index (χ3n) is 2.62. The van der Waals surface area contributed by atoms with Crippen molar-refractivity contribution in [3.05, 3.63) is 35.5 Å². The number of benzene rings is 1. The standard InChI is InChI=1S/C13H10N2O4S/c1-15(7-17)13-14-10(6-16)11(20-13)8-4-2-3-5-9(8)12(18)19/h2-7H,1H3,(H,18,19). The number of hydrogen-bond acceptors (Lipinski definition) is 5. The predicted octanol–water partition coefficient (Wildman–Crippen LogP) is 1.91. The quantitative estimate of drug-likeness (QED) is 0.850. The molecule has 2 aromatic rings. The molecule has 0 atom stereocenters. The van der Waals surface area contributed by atoms with Crippen LogP contribution in [-0.2, 0) is 4.79 Å². The lowest BCUT2D eigenvalue weighted by atomic mass is 10.1. The number of carboxylic acids is 1. The number of aromatic nitrogens is 1. The second-order valence-corrected chi connectivity index (χ2v) is 4.87. The fraction of sp³-hybridized carbons (Fsp3) is 0.0769. The Balaban J connectivity index is 2.63. The molecule has 1 heterocycles. The average molecular weight is 290 g/mol. The van der Waals surface area contributed by atoms with E-state index in [1.54, 1.807) is 18.2 Å². The van der Waals surface area contributed by atoms with Gasteiger partial charge in [-0.3, -0.25) is 14.5 Å². The molecule has 2 rings (SSSR count). The van der Waals surface area contributed by atoms with Crippen molar-refractivity contribution >= 4 is 35.1 Å². The van der Waals surface area contributed by atoms with Crippen LogP contribution in [0.2, 0.25) is 0 Å². The molecular formula is C13H10N2O4S. The van der Waals surface area contributed by atoms with Crippen LogP contribution in [0.4, 0.5) is 5.13 Å². The molecule has 1 aromatic heterocycles. The first-order valence-electron chi connectivity index (χ1n) is 5.55. The van der Waals surface area contributed by atoms with Crippen LogP contribution in [0, 0.1) is 0 Å². The van der Waals surface area contributed by atoms with Crippen molar-refractivity contribution in [3.63, 3.8) is 0 Å². The van der Waals surface area contributed by atoms with Crippen molar-refractivity contribution in [2.45, 2.75) is 0 Å². The molecule has 1 N–H and O–H groups in total. The summed E-state index contributed by atoms with van der Waals surface area (Å²) in [6.45, 7) is 0. The van der Waals surface area contributed by atoms with E-state index in [0.29, 0.717) is 28.3 Å². The fourth-order valence-electron chi connectivity index (χ4n) is 1.66. The normalized spacial score (nSPS) is 10.1. The molecular weight excluding hydrogens is 280 g/mol. The van der Waals surface area contributed by atoms with Crippen molar-refractivity contribution in [2.75, 3.05) is 11.9 Å². The number of carbonyl (C=O) groups excluding carboxylic acids is 2. The highest BCUT2D eigenvalue weighted by Gasteiger charge is 2.19. The zero-order valence-corrected chi connectivity index (χ0v) is 11.3. The molecule has 7 heteroatoms. The van der Waals surface area contributed by atoms with Crippen LogP contribution >= 0.6 is 11.3 Å². The van der Waals surface area contributed by atoms with E-state index >= 15 is 0 Å². The Kier molecular flexibility index (Phi) is 3.90. The smallest absolute Gasteiger partial charge is 0.336 e. The first-order valence-corrected chi connectivity index (χ1v) is 6.37. The summed E-state index contributed by atoms with van der Waals surface area (Å²) in [5.74, 6) is -1.09. The van der Waals surface area contributed by atoms with Gasteiger partial charge in [0.1, 0.15) is 5.69 Å². The van der Waals surface area contributed by atoms with E-state index in [2.05, 4.69) is 4.98 Å². The molecule has 0 radical (unpaired) electrons. The molecule has 0 saturated heterocycles. The summed E-state index contributed by atoms with van der Waals surface area (Å²) >= 11 is 1.09. The minimum atomic E-state index is -1.09. The highest BCUT2D eigenvalue weighted by Crippen LogP contribution is 2.35. The van der Waals surface area contributed by atoms with Gasteiger partial charge in [-0.1, -0.05) is 29.5 Å². The third kappa shape index (κ3) is 2.43. The summed E-state index contributed by atoms with van der Waals surface area (Å²) in [5, 5.41) is 9.51. The molecule has 1 amide bonds. The summed E-state index contributed by atoms with van der Waals surface area (Å²) in [6.07, 6.45) is 1.12. The molecule has 1 aromatic carbocycles. The number of anilines is 1. The van der Waals surface area contributed by atoms with Gasteiger partial charge in [-0.05, 0) is 6.07 Å². The molecule has 0 aliphatic rings. The number of carboxylic acid groups (broad SMARTS) is 1. The van der Waals surface area contributed by atoms with Crippen LogP contribution in [0.15, 0.2) is 24.3 Å². The van der Waals surface area contributed by atoms with Crippen LogP contribution in [0.5, 0.6) is 0 Å². The van der Waals surface area contributed by atoms with Crippen molar-refractivity contribution < 1.29 is 19.5 Å². The van der Waals surface area contributed by atoms with Crippen LogP contribution in [0.1, 0.15) is 20.8 Å². The number of amides is 1. The predicted molar refractivity (Wildman–Crippen MR) is 74.4 cm³/mol. The Bertz CT molecular complexity index is 681. The van der Waals surface area contributed by atoms with Gasteiger partial charge in [-0.15, -0.1) is 0 Å². The minimum Gasteiger partial charge on any atom is -0.478 e. The fourth-order valence-corrected chi connectivity index (χ4v) is 2.66. The lowest BCUT2D eigenvalue weighted by Crippen LogP contribution is -2.13. The SMILES string of the molecule is CN(C=O)c1nc(C=O)c(-c2ccccc2C(=O)O)s1. The van der Waals surface area contributed by atoms with Crippen molar-refractivity contribution in [2.24, 2.45) is 0 Å². The molecule has 20 heavy (non-hydrogen) atoms. The molecule has 102 valence electrons. The van der Waals surface area contributed by atoms with E-state index in [1.807, 2.05) is 0 Å². The lowest BCUT2D eigenvalue weighted by Gasteiger charge is -2.04. The van der Waals surface area contributed by atoms with Crippen LogP contribution in [0.25, 0.3) is 10.4 Å². The monoisotopic (exact) mass is 290 g/mol. The van der Waals surface area contributed by atoms with Gasteiger partial charge in [0.2, 0.25) is 6.41 Å². The maximum absolute atomic E-state index is 11.2. The van der Waals surface area contributed by atoms with Crippen LogP contribution < -0.4 is 4.90 Å². The van der Waals surface area contributed by atoms with E-state index in [4.69, 9.17) is 0 Å². The Labute approximate surface area is 118 Å². The Hall–Kier alpha value is -2.54. The molecule has 0 aliphatic carbocycles. The molecule has 0 unspecified atom stereocenters. The summed E-state index contributed by atoms with van der Waals surface area (Å²) < 4.78 is 0. The molecule has 0 spiro atoms. The number of thiazole rings is 1. The van der Waals surface area contributed by atoms with Gasteiger partial charge in [0.15, 0.2) is 11.4 Å². The summed E-state index contributed by atoms with van der Waals surface area (Å²) in [5.41, 5.74) is 0.608. The Morgan fingerprint density at radius 1 is 1.35 bits per heavy atom. The summed E-state index contributed by atoms with van der Waals surface area (Å²) in [4.78, 5) is 38.7. The second kappa shape index (κ2) is 5.62. The van der Waals surface area contributed by atoms with E-state index in [9.17, 15) is 19.5 Å². The lowest BCUT2D eigenvalue weighted by molar-refractivity contribution is -0.107. The number of hydrogen-bond donors (Lipinski definition) is 1. The van der Waals surface area contributed by atoms with Gasteiger partial charge < -0.3 is 5.11 Å². The zero-order valence-electron chi connectivity index (χ0n) is 10.4. The summed E-state index contributed by atoms with van der Waals surface area (Å²) in [7, 11) is 1.51. The second-order valence-electron chi connectivity index (χ2n) is 3.90. The topological polar surface area (TPSA) is 87.6 Å². The number of rotatable bonds is 5. The van der Waals surface area contributed by atoms with E-state index in [1.165, 1.54) is 18.0 Å². The van der Waals surface area contributed by atoms with Crippen molar-refractivity contribution in [1.82, 2.24) is 4.98 Å². The molecule has 0 aliphatic heterocycles. The number of aldehydes is 1. The highest BCUT2D eigenvalue weighted by atomic mass is 32.1. The van der Waals surface area contributed by atoms with Gasteiger partial charge in [-0.25, -0.2) is 9.78 Å². The average Bonchev–Trinajstić information content (AvgIpc) is 2.90. The zero-order chi connectivity index (χ0) is 14.7. The van der Waals surface area contributed by atoms with Crippen molar-refractivity contribution in [3.8, 4) is 10.4 Å². The highest BCUT2D eigenvalue weighted by molar-refractivity contribution is 7.19. The van der Waals surface area contributed by atoms with Gasteiger partial charge in [-0.2, -0.15) is 0 Å². The maximum Gasteiger partial charge on any atom is 0.336 e. The van der Waals surface area contributed by atoms with Gasteiger partial charge in [0.25, 0.3) is 0 Å². The first kappa shape index (κ1) is 13.9. The van der Waals surface area contributed by atoms with Crippen LogP contribution in [-0.4, -0.2) is 35.8 Å².